The van der Waals surface area contributed by atoms with E-state index in [2.05, 4.69) is 6.08 Å². The zero-order valence-corrected chi connectivity index (χ0v) is 26.8. The van der Waals surface area contributed by atoms with E-state index in [1.165, 1.54) is 5.57 Å². The number of hydrogen-bond donors (Lipinski definition) is 1. The van der Waals surface area contributed by atoms with Gasteiger partial charge in [0.25, 0.3) is 0 Å². The quantitative estimate of drug-likeness (QED) is 0.145. The van der Waals surface area contributed by atoms with E-state index in [0.717, 1.165) is 23.3 Å². The van der Waals surface area contributed by atoms with E-state index in [1.54, 1.807) is 24.3 Å². The maximum Gasteiger partial charge on any atom is 1.00 e. The molecule has 0 aliphatic carbocycles. The van der Waals surface area contributed by atoms with Gasteiger partial charge in [0.05, 0.1) is 0 Å². The standard InChI is InChI=1S/C21H27O7PS.2K/c1-16(2)13-14-18-9-3-4-11-20(18)28-19-10-5-7-17(15-19)8-6-12-21(29(22,23)24)30(25,26)27;;/h3-5,7,9-11,13,15,21H,6,8,12,14H2,1-2H3,(H2,22,23,24)(H,25,26,27);;/q;2*+1/p-2. The Morgan fingerprint density at radius 3 is 2.34 bits per heavy atom. The van der Waals surface area contributed by atoms with Gasteiger partial charge in [-0.25, -0.2) is 0 Å². The van der Waals surface area contributed by atoms with E-state index in [9.17, 15) is 23.1 Å². The van der Waals surface area contributed by atoms with Gasteiger partial charge < -0.3 is 19.4 Å². The Morgan fingerprint density at radius 2 is 1.75 bits per heavy atom. The first-order valence-electron chi connectivity index (χ1n) is 9.43. The molecule has 1 N–H and O–H groups in total. The second kappa shape index (κ2) is 15.6. The molecule has 1 atom stereocenters. The molecule has 0 heterocycles. The van der Waals surface area contributed by atoms with E-state index < -0.39 is 29.5 Å². The van der Waals surface area contributed by atoms with Gasteiger partial charge in [-0.05, 0) is 62.4 Å². The Hall–Kier alpha value is 1.47. The molecule has 0 radical (unpaired) electrons. The summed E-state index contributed by atoms with van der Waals surface area (Å²) in [5, 5.41) is 0. The molecule has 0 aliphatic rings. The zero-order chi connectivity index (χ0) is 22.4. The van der Waals surface area contributed by atoms with Gasteiger partial charge >= 0.3 is 113 Å². The van der Waals surface area contributed by atoms with Crippen molar-refractivity contribution in [2.45, 2.75) is 44.5 Å². The van der Waals surface area contributed by atoms with Crippen molar-refractivity contribution in [3.05, 3.63) is 71.3 Å². The maximum absolute atomic E-state index is 11.2. The van der Waals surface area contributed by atoms with Crippen LogP contribution in [0.2, 0.25) is 0 Å². The van der Waals surface area contributed by atoms with Crippen molar-refractivity contribution in [2.75, 3.05) is 0 Å². The number of allylic oxidation sites excluding steroid dienone is 2. The average Bonchev–Trinajstić information content (AvgIpc) is 2.63. The Morgan fingerprint density at radius 1 is 1.09 bits per heavy atom. The molecule has 164 valence electrons. The van der Waals surface area contributed by atoms with Gasteiger partial charge in [0.15, 0.2) is 4.99 Å². The van der Waals surface area contributed by atoms with Crippen LogP contribution in [0, 0.1) is 0 Å². The number of benzene rings is 2. The minimum atomic E-state index is -5.46. The number of hydrogen-bond acceptors (Lipinski definition) is 6. The van der Waals surface area contributed by atoms with Crippen LogP contribution in [0.25, 0.3) is 0 Å². The fourth-order valence-electron chi connectivity index (χ4n) is 2.93. The van der Waals surface area contributed by atoms with Gasteiger partial charge in [-0.15, -0.1) is 7.94 Å². The smallest absolute Gasteiger partial charge is 0.687 e. The number of aryl methyl sites for hydroxylation is 1. The predicted octanol–water partition coefficient (Wildman–Crippen LogP) is -3.62. The number of rotatable bonds is 10. The van der Waals surface area contributed by atoms with E-state index >= 15 is 0 Å². The molecule has 0 saturated carbocycles. The minimum Gasteiger partial charge on any atom is -0.687 e. The van der Waals surface area contributed by atoms with Crippen LogP contribution in [0.15, 0.2) is 60.2 Å². The molecule has 2 rings (SSSR count). The summed E-state index contributed by atoms with van der Waals surface area (Å²) in [5.74, 6) is 1.30. The van der Waals surface area contributed by atoms with Crippen LogP contribution in [-0.4, -0.2) is 18.0 Å². The fraction of sp³-hybridized carbons (Fsp3) is 0.333. The summed E-state index contributed by atoms with van der Waals surface area (Å²) >= 11 is 0. The molecule has 0 aliphatic heterocycles. The molecule has 7 nitrogen and oxygen atoms in total. The SMILES string of the molecule is CC(C)=CCc1ccccc1Oc1cccc(CCCC([P+]([O-])([O-])[O-])S(=O)(=O)O)c1.[K+].[K+]. The molecule has 11 heteroatoms. The predicted molar refractivity (Wildman–Crippen MR) is 111 cm³/mol. The molecular weight excluding hydrogens is 505 g/mol. The van der Waals surface area contributed by atoms with Crippen molar-refractivity contribution in [2.24, 2.45) is 0 Å². The van der Waals surface area contributed by atoms with Gasteiger partial charge in [-0.1, -0.05) is 42.0 Å². The maximum atomic E-state index is 11.2. The summed E-state index contributed by atoms with van der Waals surface area (Å²) in [5.41, 5.74) is 3.02. The third kappa shape index (κ3) is 11.9. The summed E-state index contributed by atoms with van der Waals surface area (Å²) in [6, 6.07) is 14.8. The Balaban J connectivity index is 0.00000480. The van der Waals surface area contributed by atoms with Crippen LogP contribution in [-0.2, 0) is 23.0 Å². The third-order valence-corrected chi connectivity index (χ3v) is 7.90. The van der Waals surface area contributed by atoms with Crippen LogP contribution in [0.3, 0.4) is 0 Å². The number of ether oxygens (including phenoxy) is 1. The van der Waals surface area contributed by atoms with E-state index in [4.69, 9.17) is 9.29 Å². The molecule has 0 aromatic heterocycles. The van der Waals surface area contributed by atoms with E-state index in [1.807, 2.05) is 38.1 Å². The monoisotopic (exact) mass is 530 g/mol. The molecule has 0 spiro atoms. The summed E-state index contributed by atoms with van der Waals surface area (Å²) in [6.45, 7) is 4.05. The van der Waals surface area contributed by atoms with E-state index in [0.29, 0.717) is 12.2 Å². The molecule has 32 heavy (non-hydrogen) atoms. The summed E-state index contributed by atoms with van der Waals surface area (Å²) in [6.07, 6.45) is 2.79. The summed E-state index contributed by atoms with van der Waals surface area (Å²) < 4.78 is 37.3. The second-order valence-electron chi connectivity index (χ2n) is 7.24. The Labute approximate surface area is 275 Å². The minimum absolute atomic E-state index is 0. The van der Waals surface area contributed by atoms with Crippen molar-refractivity contribution < 1.29 is 135 Å². The molecule has 2 aromatic carbocycles. The van der Waals surface area contributed by atoms with Crippen molar-refractivity contribution in [1.29, 1.82) is 0 Å². The normalized spacial score (nSPS) is 12.2. The van der Waals surface area contributed by atoms with Crippen LogP contribution < -0.4 is 122 Å². The van der Waals surface area contributed by atoms with Gasteiger partial charge in [0.2, 0.25) is 0 Å². The first-order valence-corrected chi connectivity index (χ1v) is 12.5. The molecule has 0 fully saturated rings. The van der Waals surface area contributed by atoms with Crippen molar-refractivity contribution in [1.82, 2.24) is 0 Å². The van der Waals surface area contributed by atoms with E-state index in [-0.39, 0.29) is 109 Å². The van der Waals surface area contributed by atoms with Gasteiger partial charge in [-0.2, -0.15) is 8.42 Å². The fourth-order valence-corrected chi connectivity index (χ4v) is 5.20. The molecule has 2 aromatic rings. The molecule has 1 unspecified atom stereocenters. The topological polar surface area (TPSA) is 133 Å². The van der Waals surface area contributed by atoms with Gasteiger partial charge in [-0.3, -0.25) is 4.55 Å². The van der Waals surface area contributed by atoms with Crippen molar-refractivity contribution in [3.63, 3.8) is 0 Å². The van der Waals surface area contributed by atoms with Gasteiger partial charge in [0.1, 0.15) is 11.5 Å². The van der Waals surface area contributed by atoms with Gasteiger partial charge in [0, 0.05) is 6.42 Å². The van der Waals surface area contributed by atoms with Crippen LogP contribution in [0.4, 0.5) is 0 Å². The van der Waals surface area contributed by atoms with Crippen LogP contribution >= 0.6 is 7.94 Å². The Bertz CT molecular complexity index is 988. The molecule has 0 bridgehead atoms. The third-order valence-electron chi connectivity index (χ3n) is 4.44. The summed E-state index contributed by atoms with van der Waals surface area (Å²) in [7, 11) is -10.4. The first-order chi connectivity index (χ1) is 14.0. The summed E-state index contributed by atoms with van der Waals surface area (Å²) in [4.78, 5) is 31.0. The Kier molecular flexibility index (Phi) is 16.3. The van der Waals surface area contributed by atoms with Crippen LogP contribution in [0.1, 0.15) is 37.8 Å². The largest absolute Gasteiger partial charge is 1.00 e. The first kappa shape index (κ1) is 33.5. The zero-order valence-electron chi connectivity index (χ0n) is 18.9. The molecular formula is C21H25K2O7PS. The van der Waals surface area contributed by atoms with Crippen molar-refractivity contribution in [3.8, 4) is 11.5 Å². The molecule has 0 saturated heterocycles. The molecule has 0 amide bonds. The van der Waals surface area contributed by atoms with Crippen molar-refractivity contribution >= 4 is 18.1 Å². The van der Waals surface area contributed by atoms with Crippen LogP contribution in [0.5, 0.6) is 11.5 Å². The second-order valence-corrected chi connectivity index (χ2v) is 10.9. The number of para-hydroxylation sites is 1. The average molecular weight is 531 g/mol.